The molecule has 0 saturated carbocycles. The fourth-order valence-electron chi connectivity index (χ4n) is 3.86. The van der Waals surface area contributed by atoms with E-state index in [1.54, 1.807) is 12.1 Å². The summed E-state index contributed by atoms with van der Waals surface area (Å²) in [5.74, 6) is 0.250. The molecular weight excluding hydrogens is 264 g/mol. The molecule has 1 aromatic carbocycles. The summed E-state index contributed by atoms with van der Waals surface area (Å²) < 4.78 is 0. The molecule has 0 spiro atoms. The third-order valence-corrected chi connectivity index (χ3v) is 5.03. The fourth-order valence-corrected chi connectivity index (χ4v) is 3.86. The van der Waals surface area contributed by atoms with E-state index >= 15 is 0 Å². The maximum absolute atomic E-state index is 12.9. The SMILES string of the molecule is CCN(C(=O)c1cccc(O)c1C)C1CC2CCC(C1)N2. The highest BCUT2D eigenvalue weighted by molar-refractivity contribution is 5.96. The number of amides is 1. The number of benzene rings is 1. The number of hydrogen-bond acceptors (Lipinski definition) is 3. The molecule has 0 aliphatic carbocycles. The maximum atomic E-state index is 12.9. The summed E-state index contributed by atoms with van der Waals surface area (Å²) in [5.41, 5.74) is 1.31. The summed E-state index contributed by atoms with van der Waals surface area (Å²) in [6.45, 7) is 4.57. The number of fused-ring (bicyclic) bond motifs is 2. The zero-order valence-electron chi connectivity index (χ0n) is 12.8. The van der Waals surface area contributed by atoms with Gasteiger partial charge in [-0.2, -0.15) is 0 Å². The quantitative estimate of drug-likeness (QED) is 0.898. The van der Waals surface area contributed by atoms with Crippen LogP contribution in [0.3, 0.4) is 0 Å². The molecular formula is C17H24N2O2. The average molecular weight is 288 g/mol. The van der Waals surface area contributed by atoms with E-state index in [0.717, 1.165) is 19.4 Å². The van der Waals surface area contributed by atoms with Crippen LogP contribution in [0.25, 0.3) is 0 Å². The standard InChI is InChI=1S/C17H24N2O2/c1-3-19(14-9-12-7-8-13(10-14)18-12)17(21)15-5-4-6-16(20)11(15)2/h4-6,12-14,18,20H,3,7-10H2,1-2H3. The lowest BCUT2D eigenvalue weighted by molar-refractivity contribution is 0.0630. The van der Waals surface area contributed by atoms with E-state index in [0.29, 0.717) is 29.3 Å². The molecule has 1 aromatic rings. The van der Waals surface area contributed by atoms with Crippen LogP contribution in [0.4, 0.5) is 0 Å². The number of hydrogen-bond donors (Lipinski definition) is 2. The Kier molecular flexibility index (Phi) is 3.89. The van der Waals surface area contributed by atoms with Crippen LogP contribution in [0.5, 0.6) is 5.75 Å². The fraction of sp³-hybridized carbons (Fsp3) is 0.588. The Labute approximate surface area is 126 Å². The Morgan fingerprint density at radius 1 is 1.33 bits per heavy atom. The average Bonchev–Trinajstić information content (AvgIpc) is 2.81. The molecule has 114 valence electrons. The first-order chi connectivity index (χ1) is 10.1. The first-order valence-electron chi connectivity index (χ1n) is 7.95. The van der Waals surface area contributed by atoms with Gasteiger partial charge in [0.2, 0.25) is 0 Å². The molecule has 2 saturated heterocycles. The van der Waals surface area contributed by atoms with Crippen molar-refractivity contribution in [1.29, 1.82) is 0 Å². The number of phenolic OH excluding ortho intramolecular Hbond substituents is 1. The first-order valence-corrected chi connectivity index (χ1v) is 7.95. The largest absolute Gasteiger partial charge is 0.508 e. The van der Waals surface area contributed by atoms with Gasteiger partial charge < -0.3 is 15.3 Å². The second-order valence-corrected chi connectivity index (χ2v) is 6.30. The highest BCUT2D eigenvalue weighted by atomic mass is 16.3. The Bertz CT molecular complexity index is 532. The molecule has 1 amide bonds. The summed E-state index contributed by atoms with van der Waals surface area (Å²) in [6.07, 6.45) is 4.57. The lowest BCUT2D eigenvalue weighted by Crippen LogP contribution is -2.50. The minimum atomic E-state index is 0.0530. The van der Waals surface area contributed by atoms with Gasteiger partial charge in [-0.05, 0) is 51.7 Å². The van der Waals surface area contributed by atoms with Crippen molar-refractivity contribution in [2.24, 2.45) is 0 Å². The number of nitrogens with one attached hydrogen (secondary N) is 1. The predicted molar refractivity (Wildman–Crippen MR) is 82.5 cm³/mol. The van der Waals surface area contributed by atoms with Crippen LogP contribution in [0.2, 0.25) is 0 Å². The van der Waals surface area contributed by atoms with Crippen LogP contribution in [0, 0.1) is 6.92 Å². The molecule has 4 heteroatoms. The molecule has 2 heterocycles. The summed E-state index contributed by atoms with van der Waals surface area (Å²) in [5, 5.41) is 13.4. The van der Waals surface area contributed by atoms with E-state index in [2.05, 4.69) is 5.32 Å². The minimum Gasteiger partial charge on any atom is -0.508 e. The molecule has 2 aliphatic heterocycles. The van der Waals surface area contributed by atoms with E-state index in [1.165, 1.54) is 12.8 Å². The lowest BCUT2D eigenvalue weighted by Gasteiger charge is -2.37. The third kappa shape index (κ3) is 2.64. The topological polar surface area (TPSA) is 52.6 Å². The van der Waals surface area contributed by atoms with Crippen molar-refractivity contribution in [2.45, 2.75) is 57.7 Å². The number of rotatable bonds is 3. The minimum absolute atomic E-state index is 0.0530. The number of nitrogens with zero attached hydrogens (tertiary/aromatic N) is 1. The number of phenols is 1. The molecule has 4 nitrogen and oxygen atoms in total. The molecule has 0 aromatic heterocycles. The van der Waals surface area contributed by atoms with E-state index in [1.807, 2.05) is 24.8 Å². The molecule has 2 N–H and O–H groups in total. The zero-order chi connectivity index (χ0) is 15.0. The lowest BCUT2D eigenvalue weighted by atomic mass is 9.96. The summed E-state index contributed by atoms with van der Waals surface area (Å²) in [4.78, 5) is 14.9. The molecule has 0 radical (unpaired) electrons. The summed E-state index contributed by atoms with van der Waals surface area (Å²) >= 11 is 0. The first kappa shape index (κ1) is 14.4. The van der Waals surface area contributed by atoms with Crippen LogP contribution < -0.4 is 5.32 Å². The Balaban J connectivity index is 1.82. The second kappa shape index (κ2) is 5.68. The van der Waals surface area contributed by atoms with Gasteiger partial charge in [0.25, 0.3) is 5.91 Å². The molecule has 2 aliphatic rings. The number of aromatic hydroxyl groups is 1. The highest BCUT2D eigenvalue weighted by Gasteiger charge is 2.37. The van der Waals surface area contributed by atoms with Gasteiger partial charge in [0, 0.05) is 35.8 Å². The number of carbonyl (C=O) groups excluding carboxylic acids is 1. The number of piperidine rings is 1. The second-order valence-electron chi connectivity index (χ2n) is 6.30. The predicted octanol–water partition coefficient (Wildman–Crippen LogP) is 2.45. The smallest absolute Gasteiger partial charge is 0.254 e. The van der Waals surface area contributed by atoms with Crippen LogP contribution in [-0.4, -0.2) is 40.6 Å². The molecule has 2 atom stereocenters. The van der Waals surface area contributed by atoms with Gasteiger partial charge in [-0.25, -0.2) is 0 Å². The van der Waals surface area contributed by atoms with Gasteiger partial charge >= 0.3 is 0 Å². The molecule has 2 bridgehead atoms. The van der Waals surface area contributed by atoms with Crippen molar-refractivity contribution in [3.8, 4) is 5.75 Å². The monoisotopic (exact) mass is 288 g/mol. The normalized spacial score (nSPS) is 27.6. The third-order valence-electron chi connectivity index (χ3n) is 5.03. The Morgan fingerprint density at radius 3 is 2.62 bits per heavy atom. The van der Waals surface area contributed by atoms with Crippen LogP contribution in [-0.2, 0) is 0 Å². The Morgan fingerprint density at radius 2 is 2.00 bits per heavy atom. The van der Waals surface area contributed by atoms with Gasteiger partial charge in [-0.1, -0.05) is 6.07 Å². The van der Waals surface area contributed by atoms with E-state index in [4.69, 9.17) is 0 Å². The molecule has 2 fully saturated rings. The zero-order valence-corrected chi connectivity index (χ0v) is 12.8. The van der Waals surface area contributed by atoms with Crippen molar-refractivity contribution in [1.82, 2.24) is 10.2 Å². The van der Waals surface area contributed by atoms with Crippen molar-refractivity contribution in [3.05, 3.63) is 29.3 Å². The molecule has 3 rings (SSSR count). The van der Waals surface area contributed by atoms with Crippen molar-refractivity contribution < 1.29 is 9.90 Å². The van der Waals surface area contributed by atoms with Gasteiger partial charge in [0.1, 0.15) is 5.75 Å². The van der Waals surface area contributed by atoms with E-state index < -0.39 is 0 Å². The summed E-state index contributed by atoms with van der Waals surface area (Å²) in [6, 6.07) is 6.66. The van der Waals surface area contributed by atoms with Gasteiger partial charge in [-0.15, -0.1) is 0 Å². The molecule has 2 unspecified atom stereocenters. The van der Waals surface area contributed by atoms with Gasteiger partial charge in [0.15, 0.2) is 0 Å². The van der Waals surface area contributed by atoms with Gasteiger partial charge in [-0.3, -0.25) is 4.79 Å². The van der Waals surface area contributed by atoms with E-state index in [-0.39, 0.29) is 11.7 Å². The Hall–Kier alpha value is -1.55. The van der Waals surface area contributed by atoms with E-state index in [9.17, 15) is 9.90 Å². The van der Waals surface area contributed by atoms with Crippen molar-refractivity contribution >= 4 is 5.91 Å². The summed E-state index contributed by atoms with van der Waals surface area (Å²) in [7, 11) is 0. The van der Waals surface area contributed by atoms with Crippen LogP contribution in [0.15, 0.2) is 18.2 Å². The van der Waals surface area contributed by atoms with Crippen LogP contribution >= 0.6 is 0 Å². The highest BCUT2D eigenvalue weighted by Crippen LogP contribution is 2.31. The van der Waals surface area contributed by atoms with Gasteiger partial charge in [0.05, 0.1) is 0 Å². The number of carbonyl (C=O) groups is 1. The van der Waals surface area contributed by atoms with Crippen LogP contribution in [0.1, 0.15) is 48.5 Å². The van der Waals surface area contributed by atoms with Crippen molar-refractivity contribution in [2.75, 3.05) is 6.54 Å². The molecule has 21 heavy (non-hydrogen) atoms. The maximum Gasteiger partial charge on any atom is 0.254 e. The van der Waals surface area contributed by atoms with Crippen molar-refractivity contribution in [3.63, 3.8) is 0 Å².